The minimum absolute atomic E-state index is 0.220. The predicted octanol–water partition coefficient (Wildman–Crippen LogP) is 6.89. The predicted molar refractivity (Wildman–Crippen MR) is 132 cm³/mol. The van der Waals surface area contributed by atoms with E-state index in [1.807, 2.05) is 91.0 Å². The van der Waals surface area contributed by atoms with Crippen LogP contribution in [0, 0.1) is 0 Å². The van der Waals surface area contributed by atoms with Gasteiger partial charge in [-0.1, -0.05) is 94.0 Å². The molecule has 31 heavy (non-hydrogen) atoms. The molecule has 0 aliphatic carbocycles. The molecule has 0 N–H and O–H groups in total. The highest BCUT2D eigenvalue weighted by atomic mass is 79.9. The topological polar surface area (TPSA) is 45.6 Å². The van der Waals surface area contributed by atoms with Gasteiger partial charge in [0.2, 0.25) is 5.13 Å². The number of amides is 1. The quantitative estimate of drug-likeness (QED) is 0.205. The van der Waals surface area contributed by atoms with E-state index in [1.54, 1.807) is 6.21 Å². The van der Waals surface area contributed by atoms with Crippen molar-refractivity contribution in [1.29, 1.82) is 0 Å². The van der Waals surface area contributed by atoms with Crippen molar-refractivity contribution < 1.29 is 4.79 Å². The van der Waals surface area contributed by atoms with E-state index >= 15 is 0 Å². The lowest BCUT2D eigenvalue weighted by atomic mass is 10.0. The lowest BCUT2D eigenvalue weighted by Crippen LogP contribution is -2.25. The maximum atomic E-state index is 13.7. The summed E-state index contributed by atoms with van der Waals surface area (Å²) in [4.78, 5) is 18.4. The number of hydrogen-bond acceptors (Lipinski definition) is 4. The van der Waals surface area contributed by atoms with Crippen molar-refractivity contribution in [2.24, 2.45) is 5.10 Å². The van der Waals surface area contributed by atoms with Gasteiger partial charge in [-0.25, -0.2) is 4.98 Å². The molecule has 6 heteroatoms. The number of benzene rings is 4. The Labute approximate surface area is 191 Å². The molecule has 150 valence electrons. The summed E-state index contributed by atoms with van der Waals surface area (Å²) in [6.45, 7) is 0. The number of hydrogen-bond donors (Lipinski definition) is 0. The van der Waals surface area contributed by atoms with E-state index in [-0.39, 0.29) is 5.91 Å². The number of nitrogens with zero attached hydrogens (tertiary/aromatic N) is 3. The average Bonchev–Trinajstić information content (AvgIpc) is 3.22. The number of fused-ring (bicyclic) bond motifs is 2. The van der Waals surface area contributed by atoms with Gasteiger partial charge in [0.15, 0.2) is 0 Å². The van der Waals surface area contributed by atoms with Gasteiger partial charge in [0.1, 0.15) is 0 Å². The normalized spacial score (nSPS) is 11.4. The molecule has 0 unspecified atom stereocenters. The lowest BCUT2D eigenvalue weighted by molar-refractivity contribution is 0.0989. The second kappa shape index (κ2) is 8.41. The third kappa shape index (κ3) is 4.00. The summed E-state index contributed by atoms with van der Waals surface area (Å²) in [5.41, 5.74) is 2.32. The van der Waals surface area contributed by atoms with Crippen molar-refractivity contribution >= 4 is 65.5 Å². The molecule has 0 radical (unpaired) electrons. The largest absolute Gasteiger partial charge is 0.281 e. The van der Waals surface area contributed by atoms with Gasteiger partial charge in [0.25, 0.3) is 5.91 Å². The number of anilines is 1. The summed E-state index contributed by atoms with van der Waals surface area (Å²) in [6, 6.07) is 29.2. The van der Waals surface area contributed by atoms with Crippen LogP contribution in [0.15, 0.2) is 101 Å². The molecule has 4 nitrogen and oxygen atoms in total. The van der Waals surface area contributed by atoms with E-state index < -0.39 is 0 Å². The lowest BCUT2D eigenvalue weighted by Gasteiger charge is -2.15. The van der Waals surface area contributed by atoms with Gasteiger partial charge < -0.3 is 0 Å². The zero-order valence-electron chi connectivity index (χ0n) is 16.3. The van der Waals surface area contributed by atoms with Crippen molar-refractivity contribution in [2.45, 2.75) is 0 Å². The van der Waals surface area contributed by atoms with Crippen molar-refractivity contribution in [1.82, 2.24) is 4.98 Å². The molecular formula is C25H16BrN3OS. The minimum Gasteiger partial charge on any atom is -0.267 e. The SMILES string of the molecule is O=C(c1cccc2ccccc12)N(/N=C/c1ccccc1)c1nc2ccc(Br)cc2s1. The fourth-order valence-corrected chi connectivity index (χ4v) is 4.83. The molecule has 0 saturated carbocycles. The van der Waals surface area contributed by atoms with Crippen LogP contribution in [0.5, 0.6) is 0 Å². The summed E-state index contributed by atoms with van der Waals surface area (Å²) < 4.78 is 1.95. The molecular weight excluding hydrogens is 470 g/mol. The molecule has 0 fully saturated rings. The van der Waals surface area contributed by atoms with Gasteiger partial charge in [-0.3, -0.25) is 4.79 Å². The van der Waals surface area contributed by atoms with Crippen LogP contribution >= 0.6 is 27.3 Å². The third-order valence-electron chi connectivity index (χ3n) is 4.85. The Morgan fingerprint density at radius 1 is 0.935 bits per heavy atom. The molecule has 1 amide bonds. The highest BCUT2D eigenvalue weighted by Crippen LogP contribution is 2.32. The molecule has 5 rings (SSSR count). The van der Waals surface area contributed by atoms with Crippen LogP contribution in [0.25, 0.3) is 21.0 Å². The van der Waals surface area contributed by atoms with Gasteiger partial charge in [-0.2, -0.15) is 10.1 Å². The molecule has 1 heterocycles. The first-order valence-electron chi connectivity index (χ1n) is 9.66. The maximum Gasteiger partial charge on any atom is 0.281 e. The number of aromatic nitrogens is 1. The van der Waals surface area contributed by atoms with Crippen LogP contribution in [0.2, 0.25) is 0 Å². The van der Waals surface area contributed by atoms with Gasteiger partial charge in [-0.05, 0) is 40.6 Å². The first-order valence-corrected chi connectivity index (χ1v) is 11.3. The molecule has 4 aromatic carbocycles. The van der Waals surface area contributed by atoms with Gasteiger partial charge in [0.05, 0.1) is 16.4 Å². The average molecular weight is 486 g/mol. The van der Waals surface area contributed by atoms with Gasteiger partial charge in [0, 0.05) is 10.0 Å². The zero-order chi connectivity index (χ0) is 21.2. The Kier molecular flexibility index (Phi) is 5.32. The van der Waals surface area contributed by atoms with Crippen LogP contribution in [-0.4, -0.2) is 17.1 Å². The van der Waals surface area contributed by atoms with Crippen LogP contribution in [0.4, 0.5) is 5.13 Å². The van der Waals surface area contributed by atoms with E-state index in [0.717, 1.165) is 31.0 Å². The zero-order valence-corrected chi connectivity index (χ0v) is 18.7. The monoisotopic (exact) mass is 485 g/mol. The third-order valence-corrected chi connectivity index (χ3v) is 6.34. The molecule has 1 aromatic heterocycles. The Hall–Kier alpha value is -3.35. The van der Waals surface area contributed by atoms with Crippen LogP contribution in [-0.2, 0) is 0 Å². The molecule has 0 atom stereocenters. The summed E-state index contributed by atoms with van der Waals surface area (Å²) in [5.74, 6) is -0.220. The highest BCUT2D eigenvalue weighted by molar-refractivity contribution is 9.10. The van der Waals surface area contributed by atoms with Crippen molar-refractivity contribution in [3.63, 3.8) is 0 Å². The van der Waals surface area contributed by atoms with Gasteiger partial charge >= 0.3 is 0 Å². The van der Waals surface area contributed by atoms with E-state index in [2.05, 4.69) is 26.0 Å². The molecule has 0 bridgehead atoms. The van der Waals surface area contributed by atoms with Crippen LogP contribution in [0.3, 0.4) is 0 Å². The maximum absolute atomic E-state index is 13.7. The molecule has 0 saturated heterocycles. The number of halogens is 1. The smallest absolute Gasteiger partial charge is 0.267 e. The van der Waals surface area contributed by atoms with Gasteiger partial charge in [-0.15, -0.1) is 0 Å². The molecule has 0 aliphatic heterocycles. The summed E-state index contributed by atoms with van der Waals surface area (Å²) >= 11 is 4.93. The fraction of sp³-hybridized carbons (Fsp3) is 0. The summed E-state index contributed by atoms with van der Waals surface area (Å²) in [6.07, 6.45) is 1.69. The first kappa shape index (κ1) is 19.6. The minimum atomic E-state index is -0.220. The number of rotatable bonds is 4. The number of carbonyl (C=O) groups is 1. The molecule has 0 spiro atoms. The summed E-state index contributed by atoms with van der Waals surface area (Å²) in [5, 5.41) is 8.38. The standard InChI is InChI=1S/C25H16BrN3OS/c26-19-13-14-22-23(15-19)31-25(28-22)29(27-16-17-7-2-1-3-8-17)24(30)21-12-6-10-18-9-4-5-11-20(18)21/h1-16H/b27-16+. The first-order chi connectivity index (χ1) is 15.2. The van der Waals surface area contributed by atoms with E-state index in [0.29, 0.717) is 10.7 Å². The van der Waals surface area contributed by atoms with E-state index in [1.165, 1.54) is 16.3 Å². The molecule has 5 aromatic rings. The van der Waals surface area contributed by atoms with Crippen molar-refractivity contribution in [2.75, 3.05) is 5.01 Å². The van der Waals surface area contributed by atoms with Crippen LogP contribution < -0.4 is 5.01 Å². The van der Waals surface area contributed by atoms with E-state index in [4.69, 9.17) is 0 Å². The Balaban J connectivity index is 1.63. The second-order valence-corrected chi connectivity index (χ2v) is 8.83. The Morgan fingerprint density at radius 3 is 2.58 bits per heavy atom. The fourth-order valence-electron chi connectivity index (χ4n) is 3.36. The number of thiazole rings is 1. The van der Waals surface area contributed by atoms with Crippen LogP contribution in [0.1, 0.15) is 15.9 Å². The van der Waals surface area contributed by atoms with Crippen molar-refractivity contribution in [3.05, 3.63) is 107 Å². The highest BCUT2D eigenvalue weighted by Gasteiger charge is 2.22. The second-order valence-electron chi connectivity index (χ2n) is 6.91. The van der Waals surface area contributed by atoms with E-state index in [9.17, 15) is 4.79 Å². The molecule has 0 aliphatic rings. The number of carbonyl (C=O) groups excluding carboxylic acids is 1. The Bertz CT molecular complexity index is 1420. The number of hydrazone groups is 1. The summed E-state index contributed by atoms with van der Waals surface area (Å²) in [7, 11) is 0. The Morgan fingerprint density at radius 2 is 1.71 bits per heavy atom. The van der Waals surface area contributed by atoms with Crippen molar-refractivity contribution in [3.8, 4) is 0 Å².